The molecule has 4 rings (SSSR count). The molecule has 150 valence electrons. The molecule has 4 aromatic rings. The summed E-state index contributed by atoms with van der Waals surface area (Å²) in [5.41, 5.74) is 1.98. The molecule has 0 saturated heterocycles. The maximum absolute atomic E-state index is 13.4. The topological polar surface area (TPSA) is 64.0 Å². The van der Waals surface area contributed by atoms with Gasteiger partial charge in [0.05, 0.1) is 23.5 Å². The van der Waals surface area contributed by atoms with Gasteiger partial charge in [-0.05, 0) is 29.3 Å². The molecule has 6 heteroatoms. The van der Waals surface area contributed by atoms with E-state index in [-0.39, 0.29) is 23.7 Å². The normalized spacial score (nSPS) is 11.9. The molecule has 1 aromatic heterocycles. The lowest BCUT2D eigenvalue weighted by Crippen LogP contribution is -2.32. The molecular formula is C24H20FN3O2. The second kappa shape index (κ2) is 8.29. The third-order valence-corrected chi connectivity index (χ3v) is 5.00. The monoisotopic (exact) mass is 401 g/mol. The van der Waals surface area contributed by atoms with Crippen LogP contribution in [0.3, 0.4) is 0 Å². The Morgan fingerprint density at radius 1 is 0.933 bits per heavy atom. The highest BCUT2D eigenvalue weighted by Gasteiger charge is 2.19. The van der Waals surface area contributed by atoms with Crippen molar-refractivity contribution < 1.29 is 9.18 Å². The van der Waals surface area contributed by atoms with Gasteiger partial charge in [0, 0.05) is 12.4 Å². The van der Waals surface area contributed by atoms with E-state index in [1.165, 1.54) is 16.8 Å². The number of benzene rings is 3. The Kier molecular flexibility index (Phi) is 5.39. The first-order valence-corrected chi connectivity index (χ1v) is 9.57. The number of hydrogen-bond acceptors (Lipinski definition) is 3. The summed E-state index contributed by atoms with van der Waals surface area (Å²) in [6.45, 7) is 0. The molecule has 1 unspecified atom stereocenters. The minimum atomic E-state index is -0.432. The molecule has 0 bridgehead atoms. The summed E-state index contributed by atoms with van der Waals surface area (Å²) in [5, 5.41) is 8.51. The molecule has 0 aliphatic carbocycles. The fraction of sp³-hybridized carbons (Fsp3) is 0.125. The Labute approximate surface area is 172 Å². The molecule has 0 radical (unpaired) electrons. The Morgan fingerprint density at radius 3 is 2.23 bits per heavy atom. The van der Waals surface area contributed by atoms with Gasteiger partial charge < -0.3 is 5.32 Å². The molecule has 0 spiro atoms. The van der Waals surface area contributed by atoms with Crippen LogP contribution < -0.4 is 10.9 Å². The summed E-state index contributed by atoms with van der Waals surface area (Å²) in [4.78, 5) is 25.3. The van der Waals surface area contributed by atoms with Gasteiger partial charge in [-0.2, -0.15) is 5.10 Å². The van der Waals surface area contributed by atoms with Crippen LogP contribution in [0.25, 0.3) is 10.8 Å². The number of rotatable bonds is 5. The zero-order valence-corrected chi connectivity index (χ0v) is 16.4. The number of nitrogens with one attached hydrogen (secondary N) is 1. The van der Waals surface area contributed by atoms with Crippen LogP contribution in [0.2, 0.25) is 0 Å². The zero-order valence-electron chi connectivity index (χ0n) is 16.4. The number of amides is 1. The number of aromatic nitrogens is 2. The van der Waals surface area contributed by atoms with E-state index in [2.05, 4.69) is 10.4 Å². The number of carbonyl (C=O) groups excluding carboxylic acids is 1. The lowest BCUT2D eigenvalue weighted by molar-refractivity contribution is -0.121. The van der Waals surface area contributed by atoms with E-state index in [9.17, 15) is 14.0 Å². The van der Waals surface area contributed by atoms with Crippen molar-refractivity contribution in [3.8, 4) is 0 Å². The minimum Gasteiger partial charge on any atom is -0.345 e. The number of fused-ring (bicyclic) bond motifs is 1. The third kappa shape index (κ3) is 3.98. The van der Waals surface area contributed by atoms with Gasteiger partial charge in [0.1, 0.15) is 5.82 Å². The number of nitrogens with zero attached hydrogens (tertiary/aromatic N) is 2. The average Bonchev–Trinajstić information content (AvgIpc) is 2.77. The SMILES string of the molecule is Cn1nc(CC(=O)NC(c2ccccc2)c2ccc(F)cc2)c2ccccc2c1=O. The highest BCUT2D eigenvalue weighted by molar-refractivity contribution is 5.88. The lowest BCUT2D eigenvalue weighted by Gasteiger charge is -2.20. The van der Waals surface area contributed by atoms with Gasteiger partial charge in [-0.25, -0.2) is 9.07 Å². The lowest BCUT2D eigenvalue weighted by atomic mass is 9.98. The highest BCUT2D eigenvalue weighted by Crippen LogP contribution is 2.23. The standard InChI is InChI=1S/C24H20FN3O2/c1-28-24(30)20-10-6-5-9-19(20)21(27-28)15-22(29)26-23(16-7-3-2-4-8-16)17-11-13-18(25)14-12-17/h2-14,23H,15H2,1H3,(H,26,29). The van der Waals surface area contributed by atoms with Crippen molar-refractivity contribution in [2.45, 2.75) is 12.5 Å². The number of carbonyl (C=O) groups is 1. The maximum Gasteiger partial charge on any atom is 0.274 e. The predicted molar refractivity (Wildman–Crippen MR) is 114 cm³/mol. The smallest absolute Gasteiger partial charge is 0.274 e. The first-order valence-electron chi connectivity index (χ1n) is 9.57. The second-order valence-electron chi connectivity index (χ2n) is 7.06. The highest BCUT2D eigenvalue weighted by atomic mass is 19.1. The molecule has 1 atom stereocenters. The van der Waals surface area contributed by atoms with Crippen LogP contribution in [-0.4, -0.2) is 15.7 Å². The largest absolute Gasteiger partial charge is 0.345 e. The summed E-state index contributed by atoms with van der Waals surface area (Å²) in [7, 11) is 1.57. The molecule has 30 heavy (non-hydrogen) atoms. The van der Waals surface area contributed by atoms with Crippen molar-refractivity contribution in [1.82, 2.24) is 15.1 Å². The number of hydrogen-bond donors (Lipinski definition) is 1. The maximum atomic E-state index is 13.4. The molecule has 1 amide bonds. The van der Waals surface area contributed by atoms with Crippen molar-refractivity contribution in [3.05, 3.63) is 112 Å². The summed E-state index contributed by atoms with van der Waals surface area (Å²) >= 11 is 0. The van der Waals surface area contributed by atoms with Gasteiger partial charge in [0.25, 0.3) is 5.56 Å². The van der Waals surface area contributed by atoms with Crippen molar-refractivity contribution in [2.24, 2.45) is 7.05 Å². The van der Waals surface area contributed by atoms with Gasteiger partial charge in [-0.1, -0.05) is 60.7 Å². The van der Waals surface area contributed by atoms with Gasteiger partial charge in [0.15, 0.2) is 0 Å². The molecule has 1 heterocycles. The fourth-order valence-electron chi connectivity index (χ4n) is 3.53. The van der Waals surface area contributed by atoms with E-state index in [4.69, 9.17) is 0 Å². The molecule has 0 fully saturated rings. The number of halogens is 1. The van der Waals surface area contributed by atoms with Crippen LogP contribution in [0.4, 0.5) is 4.39 Å². The molecule has 0 aliphatic rings. The van der Waals surface area contributed by atoms with Crippen molar-refractivity contribution in [2.75, 3.05) is 0 Å². The van der Waals surface area contributed by atoms with E-state index < -0.39 is 6.04 Å². The van der Waals surface area contributed by atoms with Crippen LogP contribution >= 0.6 is 0 Å². The molecule has 5 nitrogen and oxygen atoms in total. The van der Waals surface area contributed by atoms with E-state index in [1.807, 2.05) is 36.4 Å². The van der Waals surface area contributed by atoms with E-state index >= 15 is 0 Å². The van der Waals surface area contributed by atoms with E-state index in [1.54, 1.807) is 37.4 Å². The van der Waals surface area contributed by atoms with Gasteiger partial charge >= 0.3 is 0 Å². The Bertz CT molecular complexity index is 1250. The zero-order chi connectivity index (χ0) is 21.1. The number of aryl methyl sites for hydroxylation is 1. The Balaban J connectivity index is 1.66. The summed E-state index contributed by atoms with van der Waals surface area (Å²) in [6.07, 6.45) is 0.0131. The first kappa shape index (κ1) is 19.5. The average molecular weight is 401 g/mol. The van der Waals surface area contributed by atoms with Crippen molar-refractivity contribution in [3.63, 3.8) is 0 Å². The van der Waals surface area contributed by atoms with Crippen molar-refractivity contribution in [1.29, 1.82) is 0 Å². The first-order chi connectivity index (χ1) is 14.5. The quantitative estimate of drug-likeness (QED) is 0.557. The third-order valence-electron chi connectivity index (χ3n) is 5.00. The van der Waals surface area contributed by atoms with Crippen LogP contribution in [-0.2, 0) is 18.3 Å². The van der Waals surface area contributed by atoms with Gasteiger partial charge in [0.2, 0.25) is 5.91 Å². The van der Waals surface area contributed by atoms with Crippen LogP contribution in [0, 0.1) is 5.82 Å². The minimum absolute atomic E-state index is 0.0131. The van der Waals surface area contributed by atoms with E-state index in [0.29, 0.717) is 16.5 Å². The van der Waals surface area contributed by atoms with Crippen LogP contribution in [0.5, 0.6) is 0 Å². The molecule has 0 saturated carbocycles. The van der Waals surface area contributed by atoms with Crippen LogP contribution in [0.1, 0.15) is 22.9 Å². The molecular weight excluding hydrogens is 381 g/mol. The summed E-state index contributed by atoms with van der Waals surface area (Å²) < 4.78 is 14.6. The summed E-state index contributed by atoms with van der Waals surface area (Å²) in [5.74, 6) is -0.581. The fourth-order valence-corrected chi connectivity index (χ4v) is 3.53. The molecule has 3 aromatic carbocycles. The summed E-state index contributed by atoms with van der Waals surface area (Å²) in [6, 6.07) is 22.3. The van der Waals surface area contributed by atoms with Gasteiger partial charge in [-0.3, -0.25) is 9.59 Å². The van der Waals surface area contributed by atoms with E-state index in [0.717, 1.165) is 11.1 Å². The van der Waals surface area contributed by atoms with Gasteiger partial charge in [-0.15, -0.1) is 0 Å². The predicted octanol–water partition coefficient (Wildman–Crippen LogP) is 3.52. The molecule has 0 aliphatic heterocycles. The molecule has 1 N–H and O–H groups in total. The van der Waals surface area contributed by atoms with Crippen molar-refractivity contribution >= 4 is 16.7 Å². The second-order valence-corrected chi connectivity index (χ2v) is 7.06. The Morgan fingerprint density at radius 2 is 1.53 bits per heavy atom. The Hall–Kier alpha value is -3.80. The van der Waals surface area contributed by atoms with Crippen LogP contribution in [0.15, 0.2) is 83.7 Å².